The number of anilines is 2. The molecule has 2 N–H and O–H groups in total. The summed E-state index contributed by atoms with van der Waals surface area (Å²) in [4.78, 5) is 8.99. The molecule has 0 aromatic carbocycles. The zero-order chi connectivity index (χ0) is 14.8. The third-order valence-corrected chi connectivity index (χ3v) is 4.22. The largest absolute Gasteiger partial charge is 0.370 e. The Morgan fingerprint density at radius 2 is 2.00 bits per heavy atom. The van der Waals surface area contributed by atoms with Gasteiger partial charge in [-0.05, 0) is 37.5 Å². The minimum absolute atomic E-state index is 0.428. The summed E-state index contributed by atoms with van der Waals surface area (Å²) < 4.78 is 0. The zero-order valence-corrected chi connectivity index (χ0v) is 14.5. The molecule has 0 fully saturated rings. The molecule has 1 rings (SSSR count). The first-order valence-corrected chi connectivity index (χ1v) is 9.58. The van der Waals surface area contributed by atoms with Gasteiger partial charge in [0.25, 0.3) is 0 Å². The summed E-state index contributed by atoms with van der Waals surface area (Å²) in [6.45, 7) is 7.49. The van der Waals surface area contributed by atoms with Crippen molar-refractivity contribution in [3.8, 4) is 0 Å². The van der Waals surface area contributed by atoms with Crippen LogP contribution in [0.3, 0.4) is 0 Å². The summed E-state index contributed by atoms with van der Waals surface area (Å²) in [5, 5.41) is 7.61. The van der Waals surface area contributed by atoms with E-state index >= 15 is 0 Å². The monoisotopic (exact) mass is 314 g/mol. The van der Waals surface area contributed by atoms with Gasteiger partial charge in [-0.3, -0.25) is 0 Å². The molecule has 0 saturated carbocycles. The molecule has 6 heteroatoms. The first-order valence-electron chi connectivity index (χ1n) is 7.20. The molecule has 0 bridgehead atoms. The molecule has 1 heterocycles. The molecule has 0 spiro atoms. The normalized spacial score (nSPS) is 12.2. The van der Waals surface area contributed by atoms with E-state index in [9.17, 15) is 0 Å². The summed E-state index contributed by atoms with van der Waals surface area (Å²) in [7, 11) is 0. The Bertz CT molecular complexity index is 387. The number of aromatic nitrogens is 2. The van der Waals surface area contributed by atoms with Crippen molar-refractivity contribution in [3.05, 3.63) is 6.07 Å². The molecule has 0 saturated heterocycles. The SMILES string of the molecule is CCCNc1cc(NC(C)CCSCC)nc(SC)n1. The first kappa shape index (κ1) is 17.4. The van der Waals surface area contributed by atoms with Gasteiger partial charge in [-0.25, -0.2) is 9.97 Å². The van der Waals surface area contributed by atoms with E-state index in [1.807, 2.05) is 24.1 Å². The molecule has 0 aliphatic carbocycles. The van der Waals surface area contributed by atoms with Crippen molar-refractivity contribution in [1.82, 2.24) is 9.97 Å². The van der Waals surface area contributed by atoms with Crippen LogP contribution in [0.2, 0.25) is 0 Å². The van der Waals surface area contributed by atoms with E-state index < -0.39 is 0 Å². The lowest BCUT2D eigenvalue weighted by Crippen LogP contribution is -2.17. The number of thioether (sulfide) groups is 2. The maximum atomic E-state index is 4.52. The fraction of sp³-hybridized carbons (Fsp3) is 0.714. The van der Waals surface area contributed by atoms with Crippen LogP contribution in [0.25, 0.3) is 0 Å². The van der Waals surface area contributed by atoms with Gasteiger partial charge in [-0.2, -0.15) is 11.8 Å². The Kier molecular flexibility index (Phi) is 8.85. The second-order valence-corrected chi connectivity index (χ2v) is 6.75. The van der Waals surface area contributed by atoms with Gasteiger partial charge in [0.1, 0.15) is 11.6 Å². The predicted molar refractivity (Wildman–Crippen MR) is 93.3 cm³/mol. The van der Waals surface area contributed by atoms with Crippen LogP contribution < -0.4 is 10.6 Å². The van der Waals surface area contributed by atoms with Crippen molar-refractivity contribution in [2.24, 2.45) is 0 Å². The molecular weight excluding hydrogens is 288 g/mol. The second-order valence-electron chi connectivity index (χ2n) is 4.58. The summed E-state index contributed by atoms with van der Waals surface area (Å²) in [5.74, 6) is 4.19. The van der Waals surface area contributed by atoms with Gasteiger partial charge in [-0.15, -0.1) is 0 Å². The van der Waals surface area contributed by atoms with Gasteiger partial charge in [0.2, 0.25) is 0 Å². The number of nitrogens with zero attached hydrogens (tertiary/aromatic N) is 2. The van der Waals surface area contributed by atoms with Crippen LogP contribution in [-0.4, -0.2) is 40.3 Å². The first-order chi connectivity index (χ1) is 9.69. The van der Waals surface area contributed by atoms with E-state index in [4.69, 9.17) is 0 Å². The van der Waals surface area contributed by atoms with Crippen LogP contribution >= 0.6 is 23.5 Å². The average Bonchev–Trinajstić information content (AvgIpc) is 2.45. The van der Waals surface area contributed by atoms with Crippen LogP contribution in [0.5, 0.6) is 0 Å². The van der Waals surface area contributed by atoms with Gasteiger partial charge >= 0.3 is 0 Å². The Morgan fingerprint density at radius 3 is 2.65 bits per heavy atom. The highest BCUT2D eigenvalue weighted by atomic mass is 32.2. The van der Waals surface area contributed by atoms with Crippen molar-refractivity contribution in [2.45, 2.75) is 44.8 Å². The van der Waals surface area contributed by atoms with E-state index in [0.717, 1.165) is 36.2 Å². The molecule has 0 radical (unpaired) electrons. The van der Waals surface area contributed by atoms with E-state index in [-0.39, 0.29) is 0 Å². The van der Waals surface area contributed by atoms with E-state index in [1.165, 1.54) is 11.5 Å². The average molecular weight is 315 g/mol. The number of hydrogen-bond donors (Lipinski definition) is 2. The molecule has 114 valence electrons. The van der Waals surface area contributed by atoms with Crippen LogP contribution in [-0.2, 0) is 0 Å². The van der Waals surface area contributed by atoms with Crippen LogP contribution in [0.1, 0.15) is 33.6 Å². The fourth-order valence-corrected chi connectivity index (χ4v) is 2.85. The summed E-state index contributed by atoms with van der Waals surface area (Å²) >= 11 is 3.55. The Hall–Kier alpha value is -0.620. The third kappa shape index (κ3) is 6.70. The lowest BCUT2D eigenvalue weighted by atomic mass is 10.2. The van der Waals surface area contributed by atoms with Gasteiger partial charge in [0.15, 0.2) is 5.16 Å². The highest BCUT2D eigenvalue weighted by molar-refractivity contribution is 7.99. The summed E-state index contributed by atoms with van der Waals surface area (Å²) in [6.07, 6.45) is 4.24. The standard InChI is InChI=1S/C14H26N4S2/c1-5-8-15-12-10-13(18-14(17-12)19-4)16-11(3)7-9-20-6-2/h10-11H,5-9H2,1-4H3,(H2,15,16,17,18). The number of nitrogens with one attached hydrogen (secondary N) is 2. The number of hydrogen-bond acceptors (Lipinski definition) is 6. The summed E-state index contributed by atoms with van der Waals surface area (Å²) in [6, 6.07) is 2.43. The topological polar surface area (TPSA) is 49.8 Å². The fourth-order valence-electron chi connectivity index (χ4n) is 1.66. The Labute approximate surface area is 131 Å². The van der Waals surface area contributed by atoms with E-state index in [1.54, 1.807) is 11.8 Å². The number of rotatable bonds is 10. The molecule has 1 aromatic heterocycles. The van der Waals surface area contributed by atoms with Crippen molar-refractivity contribution >= 4 is 35.2 Å². The molecule has 1 unspecified atom stereocenters. The lowest BCUT2D eigenvalue weighted by Gasteiger charge is -2.15. The minimum Gasteiger partial charge on any atom is -0.370 e. The summed E-state index contributed by atoms with van der Waals surface area (Å²) in [5.41, 5.74) is 0. The van der Waals surface area contributed by atoms with Gasteiger partial charge in [0, 0.05) is 18.7 Å². The zero-order valence-electron chi connectivity index (χ0n) is 12.9. The molecule has 0 aliphatic rings. The van der Waals surface area contributed by atoms with Gasteiger partial charge in [-0.1, -0.05) is 25.6 Å². The van der Waals surface area contributed by atoms with Crippen molar-refractivity contribution in [1.29, 1.82) is 0 Å². The molecule has 0 amide bonds. The van der Waals surface area contributed by atoms with Crippen LogP contribution in [0.4, 0.5) is 11.6 Å². The Balaban J connectivity index is 2.62. The maximum Gasteiger partial charge on any atom is 0.191 e. The highest BCUT2D eigenvalue weighted by Gasteiger charge is 2.07. The van der Waals surface area contributed by atoms with Crippen LogP contribution in [0, 0.1) is 0 Å². The van der Waals surface area contributed by atoms with Gasteiger partial charge < -0.3 is 10.6 Å². The van der Waals surface area contributed by atoms with Crippen molar-refractivity contribution < 1.29 is 0 Å². The van der Waals surface area contributed by atoms with Crippen molar-refractivity contribution in [2.75, 3.05) is 34.9 Å². The molecule has 1 aromatic rings. The maximum absolute atomic E-state index is 4.52. The third-order valence-electron chi connectivity index (χ3n) is 2.74. The molecule has 0 aliphatic heterocycles. The van der Waals surface area contributed by atoms with E-state index in [2.05, 4.69) is 41.4 Å². The second kappa shape index (κ2) is 10.2. The molecule has 1 atom stereocenters. The molecular formula is C14H26N4S2. The smallest absolute Gasteiger partial charge is 0.191 e. The van der Waals surface area contributed by atoms with Crippen LogP contribution in [0.15, 0.2) is 11.2 Å². The quantitative estimate of drug-likeness (QED) is 0.387. The lowest BCUT2D eigenvalue weighted by molar-refractivity contribution is 0.761. The van der Waals surface area contributed by atoms with Gasteiger partial charge in [0.05, 0.1) is 0 Å². The highest BCUT2D eigenvalue weighted by Crippen LogP contribution is 2.18. The van der Waals surface area contributed by atoms with E-state index in [0.29, 0.717) is 6.04 Å². The predicted octanol–water partition coefficient (Wildman–Crippen LogP) is 3.96. The molecule has 4 nitrogen and oxygen atoms in total. The molecule has 20 heavy (non-hydrogen) atoms. The minimum atomic E-state index is 0.428. The van der Waals surface area contributed by atoms with Crippen molar-refractivity contribution in [3.63, 3.8) is 0 Å². The Morgan fingerprint density at radius 1 is 1.25 bits per heavy atom.